The van der Waals surface area contributed by atoms with Gasteiger partial charge in [0.15, 0.2) is 0 Å². The lowest BCUT2D eigenvalue weighted by molar-refractivity contribution is 0.213. The van der Waals surface area contributed by atoms with Crippen molar-refractivity contribution < 1.29 is 0 Å². The van der Waals surface area contributed by atoms with Crippen LogP contribution in [-0.4, -0.2) is 12.1 Å². The standard InChI is InChI=1S/C9H14N2.ClH/c10-6-7-4-8-2-1-3-9(5-7)11-8;/h7-9,11H,1-5H2;1H/t8-,9-;/m1./s1. The van der Waals surface area contributed by atoms with Crippen LogP contribution < -0.4 is 5.32 Å². The predicted molar refractivity (Wildman–Crippen MR) is 50.1 cm³/mol. The van der Waals surface area contributed by atoms with Gasteiger partial charge in [0.1, 0.15) is 0 Å². The maximum absolute atomic E-state index is 8.77. The van der Waals surface area contributed by atoms with E-state index < -0.39 is 0 Å². The molecule has 3 heteroatoms. The second-order valence-electron chi connectivity index (χ2n) is 3.79. The van der Waals surface area contributed by atoms with Gasteiger partial charge >= 0.3 is 0 Å². The summed E-state index contributed by atoms with van der Waals surface area (Å²) in [6, 6.07) is 3.71. The molecule has 0 spiro atoms. The lowest BCUT2D eigenvalue weighted by Crippen LogP contribution is -2.48. The van der Waals surface area contributed by atoms with Crippen molar-refractivity contribution in [2.45, 2.75) is 44.2 Å². The number of nitriles is 1. The van der Waals surface area contributed by atoms with Crippen LogP contribution in [0.3, 0.4) is 0 Å². The van der Waals surface area contributed by atoms with Crippen molar-refractivity contribution in [3.05, 3.63) is 0 Å². The van der Waals surface area contributed by atoms with Gasteiger partial charge in [-0.1, -0.05) is 6.42 Å². The van der Waals surface area contributed by atoms with E-state index in [1.54, 1.807) is 0 Å². The van der Waals surface area contributed by atoms with Gasteiger partial charge < -0.3 is 5.32 Å². The Labute approximate surface area is 79.7 Å². The number of hydrogen-bond donors (Lipinski definition) is 1. The molecule has 0 aromatic rings. The van der Waals surface area contributed by atoms with E-state index >= 15 is 0 Å². The van der Waals surface area contributed by atoms with Crippen molar-refractivity contribution >= 4 is 12.4 Å². The highest BCUT2D eigenvalue weighted by molar-refractivity contribution is 5.85. The zero-order valence-electron chi connectivity index (χ0n) is 7.12. The molecule has 68 valence electrons. The largest absolute Gasteiger partial charge is 0.311 e. The highest BCUT2D eigenvalue weighted by atomic mass is 35.5. The number of rotatable bonds is 0. The molecule has 2 fully saturated rings. The maximum atomic E-state index is 8.77. The SMILES string of the molecule is Cl.N#CC1C[C@H]2CCC[C@H](C1)N2. The second kappa shape index (κ2) is 4.11. The van der Waals surface area contributed by atoms with Crippen LogP contribution in [0.15, 0.2) is 0 Å². The van der Waals surface area contributed by atoms with E-state index in [1.807, 2.05) is 0 Å². The van der Waals surface area contributed by atoms with Crippen LogP contribution in [0.1, 0.15) is 32.1 Å². The molecule has 0 aliphatic carbocycles. The average Bonchev–Trinajstić information content (AvgIpc) is 2.03. The molecule has 2 bridgehead atoms. The Morgan fingerprint density at radius 1 is 1.17 bits per heavy atom. The van der Waals surface area contributed by atoms with Gasteiger partial charge in [-0.2, -0.15) is 5.26 Å². The quantitative estimate of drug-likeness (QED) is 0.627. The molecule has 0 amide bonds. The Morgan fingerprint density at radius 3 is 2.25 bits per heavy atom. The van der Waals surface area contributed by atoms with Gasteiger partial charge in [-0.15, -0.1) is 12.4 Å². The monoisotopic (exact) mass is 186 g/mol. The second-order valence-corrected chi connectivity index (χ2v) is 3.79. The first kappa shape index (κ1) is 9.83. The van der Waals surface area contributed by atoms with E-state index in [1.165, 1.54) is 19.3 Å². The summed E-state index contributed by atoms with van der Waals surface area (Å²) in [6.07, 6.45) is 6.11. The third kappa shape index (κ3) is 1.91. The van der Waals surface area contributed by atoms with E-state index in [9.17, 15) is 0 Å². The molecule has 1 N–H and O–H groups in total. The molecule has 2 heterocycles. The molecule has 0 radical (unpaired) electrons. The summed E-state index contributed by atoms with van der Waals surface area (Å²) < 4.78 is 0. The molecule has 0 aromatic heterocycles. The number of hydrogen-bond acceptors (Lipinski definition) is 2. The first-order valence-electron chi connectivity index (χ1n) is 4.54. The highest BCUT2D eigenvalue weighted by Gasteiger charge is 2.30. The summed E-state index contributed by atoms with van der Waals surface area (Å²) in [6.45, 7) is 0. The molecular formula is C9H15ClN2. The first-order valence-corrected chi connectivity index (χ1v) is 4.54. The summed E-state index contributed by atoms with van der Waals surface area (Å²) >= 11 is 0. The first-order chi connectivity index (χ1) is 5.38. The van der Waals surface area contributed by atoms with Crippen molar-refractivity contribution in [2.75, 3.05) is 0 Å². The molecule has 2 rings (SSSR count). The molecule has 2 atom stereocenters. The number of halogens is 1. The van der Waals surface area contributed by atoms with E-state index in [2.05, 4.69) is 11.4 Å². The maximum Gasteiger partial charge on any atom is 0.0657 e. The summed E-state index contributed by atoms with van der Waals surface area (Å²) in [5.41, 5.74) is 0. The molecular weight excluding hydrogens is 172 g/mol. The topological polar surface area (TPSA) is 35.8 Å². The van der Waals surface area contributed by atoms with E-state index in [0.717, 1.165) is 12.8 Å². The smallest absolute Gasteiger partial charge is 0.0657 e. The van der Waals surface area contributed by atoms with Crippen molar-refractivity contribution in [3.63, 3.8) is 0 Å². The Balaban J connectivity index is 0.000000720. The summed E-state index contributed by atoms with van der Waals surface area (Å²) in [7, 11) is 0. The molecule has 0 unspecified atom stereocenters. The number of piperidine rings is 2. The van der Waals surface area contributed by atoms with Crippen molar-refractivity contribution in [2.24, 2.45) is 5.92 Å². The number of nitrogens with zero attached hydrogens (tertiary/aromatic N) is 1. The summed E-state index contributed by atoms with van der Waals surface area (Å²) in [5, 5.41) is 12.3. The fraction of sp³-hybridized carbons (Fsp3) is 0.889. The van der Waals surface area contributed by atoms with Gasteiger partial charge in [0.05, 0.1) is 6.07 Å². The van der Waals surface area contributed by atoms with Crippen LogP contribution in [0.2, 0.25) is 0 Å². The zero-order valence-corrected chi connectivity index (χ0v) is 7.94. The molecule has 2 aliphatic rings. The van der Waals surface area contributed by atoms with E-state index in [4.69, 9.17) is 5.26 Å². The van der Waals surface area contributed by atoms with Gasteiger partial charge in [-0.05, 0) is 25.7 Å². The molecule has 2 saturated heterocycles. The minimum absolute atomic E-state index is 0. The summed E-state index contributed by atoms with van der Waals surface area (Å²) in [5.74, 6) is 0.339. The molecule has 0 saturated carbocycles. The zero-order chi connectivity index (χ0) is 7.68. The van der Waals surface area contributed by atoms with Crippen molar-refractivity contribution in [3.8, 4) is 6.07 Å². The highest BCUT2D eigenvalue weighted by Crippen LogP contribution is 2.28. The normalized spacial score (nSPS) is 39.4. The average molecular weight is 187 g/mol. The van der Waals surface area contributed by atoms with Crippen molar-refractivity contribution in [1.82, 2.24) is 5.32 Å². The fourth-order valence-electron chi connectivity index (χ4n) is 2.37. The van der Waals surface area contributed by atoms with Crippen LogP contribution in [0.25, 0.3) is 0 Å². The lowest BCUT2D eigenvalue weighted by Gasteiger charge is -2.38. The third-order valence-corrected chi connectivity index (χ3v) is 2.90. The van der Waals surface area contributed by atoms with Crippen LogP contribution in [0, 0.1) is 17.2 Å². The Bertz CT molecular complexity index is 175. The molecule has 2 nitrogen and oxygen atoms in total. The van der Waals surface area contributed by atoms with Crippen LogP contribution in [0.5, 0.6) is 0 Å². The Hall–Kier alpha value is -0.260. The Kier molecular flexibility index (Phi) is 3.37. The van der Waals surface area contributed by atoms with Gasteiger partial charge in [0, 0.05) is 18.0 Å². The third-order valence-electron chi connectivity index (χ3n) is 2.90. The number of fused-ring (bicyclic) bond motifs is 2. The number of nitrogens with one attached hydrogen (secondary N) is 1. The molecule has 12 heavy (non-hydrogen) atoms. The van der Waals surface area contributed by atoms with Gasteiger partial charge in [0.25, 0.3) is 0 Å². The van der Waals surface area contributed by atoms with Crippen LogP contribution in [0.4, 0.5) is 0 Å². The van der Waals surface area contributed by atoms with Crippen LogP contribution >= 0.6 is 12.4 Å². The molecule has 2 aliphatic heterocycles. The summed E-state index contributed by atoms with van der Waals surface area (Å²) in [4.78, 5) is 0. The van der Waals surface area contributed by atoms with Crippen molar-refractivity contribution in [1.29, 1.82) is 5.26 Å². The van der Waals surface area contributed by atoms with Gasteiger partial charge in [-0.25, -0.2) is 0 Å². The predicted octanol–water partition coefficient (Wildman–Crippen LogP) is 1.85. The lowest BCUT2D eigenvalue weighted by atomic mass is 9.81. The Morgan fingerprint density at radius 2 is 1.75 bits per heavy atom. The van der Waals surface area contributed by atoms with Gasteiger partial charge in [0.2, 0.25) is 0 Å². The van der Waals surface area contributed by atoms with Crippen LogP contribution in [-0.2, 0) is 0 Å². The van der Waals surface area contributed by atoms with E-state index in [0.29, 0.717) is 18.0 Å². The van der Waals surface area contributed by atoms with E-state index in [-0.39, 0.29) is 12.4 Å². The van der Waals surface area contributed by atoms with Gasteiger partial charge in [-0.3, -0.25) is 0 Å². The fourth-order valence-corrected chi connectivity index (χ4v) is 2.37. The minimum Gasteiger partial charge on any atom is -0.311 e. The molecule has 0 aromatic carbocycles. The minimum atomic E-state index is 0.